The van der Waals surface area contributed by atoms with Crippen LogP contribution in [-0.2, 0) is 19.6 Å². The first-order valence-corrected chi connectivity index (χ1v) is 14.8. The van der Waals surface area contributed by atoms with Gasteiger partial charge in [0.1, 0.15) is 0 Å². The van der Waals surface area contributed by atoms with Gasteiger partial charge in [-0.1, -0.05) is 103 Å². The van der Waals surface area contributed by atoms with Gasteiger partial charge in [0.15, 0.2) is 0 Å². The molecule has 0 unspecified atom stereocenters. The Labute approximate surface area is 240 Å². The number of unbranched alkanes of at least 4 members (excludes halogenated alkanes) is 13. The smallest absolute Gasteiger partial charge is 0.748 e. The van der Waals surface area contributed by atoms with Crippen molar-refractivity contribution in [2.75, 3.05) is 19.0 Å². The first-order valence-electron chi connectivity index (χ1n) is 13.2. The Morgan fingerprint density at radius 3 is 1.42 bits per heavy atom. The average molecular weight is 535 g/mol. The summed E-state index contributed by atoms with van der Waals surface area (Å²) in [6.45, 7) is 2.32. The van der Waals surface area contributed by atoms with Gasteiger partial charge in [0.05, 0.1) is 34.5 Å². The number of carbonyl (C=O) groups excluding carboxylic acids is 2. The largest absolute Gasteiger partial charge is 1.00 e. The van der Waals surface area contributed by atoms with Crippen LogP contribution in [0.4, 0.5) is 0 Å². The van der Waals surface area contributed by atoms with Crippen molar-refractivity contribution in [3.8, 4) is 0 Å². The van der Waals surface area contributed by atoms with Crippen molar-refractivity contribution in [3.05, 3.63) is 35.4 Å². The molecule has 0 aliphatic carbocycles. The Kier molecular flexibility index (Phi) is 21.5. The summed E-state index contributed by atoms with van der Waals surface area (Å²) in [4.78, 5) is 24.7. The van der Waals surface area contributed by atoms with Gasteiger partial charge in [0.2, 0.25) is 0 Å². The molecule has 9 heteroatoms. The van der Waals surface area contributed by atoms with E-state index < -0.39 is 27.8 Å². The molecule has 0 aliphatic rings. The molecule has 0 fully saturated rings. The van der Waals surface area contributed by atoms with Crippen LogP contribution < -0.4 is 29.6 Å². The predicted octanol–water partition coefficient (Wildman–Crippen LogP) is 3.42. The molecule has 0 saturated heterocycles. The monoisotopic (exact) mass is 534 g/mol. The molecule has 1 aromatic rings. The molecule has 0 saturated carbocycles. The maximum Gasteiger partial charge on any atom is 1.00 e. The van der Waals surface area contributed by atoms with E-state index >= 15 is 0 Å². The normalized spacial score (nSPS) is 11.1. The molecule has 36 heavy (non-hydrogen) atoms. The van der Waals surface area contributed by atoms with Crippen LogP contribution in [0.3, 0.4) is 0 Å². The van der Waals surface area contributed by atoms with Crippen LogP contribution in [0.2, 0.25) is 0 Å². The Morgan fingerprint density at radius 1 is 0.667 bits per heavy atom. The van der Waals surface area contributed by atoms with Gasteiger partial charge in [0, 0.05) is 5.75 Å². The minimum absolute atomic E-state index is 0. The molecule has 0 heterocycles. The maximum atomic E-state index is 12.4. The third kappa shape index (κ3) is 18.3. The third-order valence-corrected chi connectivity index (χ3v) is 6.66. The molecule has 0 bridgehead atoms. The summed E-state index contributed by atoms with van der Waals surface area (Å²) in [5.41, 5.74) is 0.169. The van der Waals surface area contributed by atoms with Gasteiger partial charge in [-0.15, -0.1) is 0 Å². The summed E-state index contributed by atoms with van der Waals surface area (Å²) >= 11 is 0. The quantitative estimate of drug-likeness (QED) is 0.103. The van der Waals surface area contributed by atoms with Crippen molar-refractivity contribution in [3.63, 3.8) is 0 Å². The molecule has 200 valence electrons. The molecule has 0 N–H and O–H groups in total. The molecule has 0 radical (unpaired) electrons. The summed E-state index contributed by atoms with van der Waals surface area (Å²) in [5.74, 6) is -1.95. The van der Waals surface area contributed by atoms with E-state index in [0.29, 0.717) is 6.61 Å². The standard InChI is InChI=1S/C27H44O7S.Na/c1-2-3-4-5-6-7-8-9-10-11-12-13-14-17-21-33-26(28)24-19-15-16-20-25(24)27(29)34-22-18-23-35(30,31)32;/h15-16,19-20H,2-14,17-18,21-23H2,1H3,(H,30,31,32);/q;+1/p-1. The summed E-state index contributed by atoms with van der Waals surface area (Å²) in [6, 6.07) is 6.18. The number of hydrogen-bond donors (Lipinski definition) is 0. The second-order valence-corrected chi connectivity index (χ2v) is 10.6. The second kappa shape index (κ2) is 22.1. The van der Waals surface area contributed by atoms with Crippen LogP contribution in [-0.4, -0.2) is 43.9 Å². The van der Waals surface area contributed by atoms with Gasteiger partial charge in [-0.25, -0.2) is 18.0 Å². The SMILES string of the molecule is CCCCCCCCCCCCCCCCOC(=O)c1ccccc1C(=O)OCCCS(=O)(=O)[O-].[Na+]. The number of benzene rings is 1. The molecule has 0 aliphatic heterocycles. The minimum Gasteiger partial charge on any atom is -0.748 e. The maximum absolute atomic E-state index is 12.4. The first-order chi connectivity index (χ1) is 16.8. The van der Waals surface area contributed by atoms with Crippen molar-refractivity contribution < 1.29 is 61.6 Å². The second-order valence-electron chi connectivity index (χ2n) is 9.03. The zero-order valence-corrected chi connectivity index (χ0v) is 25.1. The van der Waals surface area contributed by atoms with E-state index in [1.807, 2.05) is 0 Å². The fourth-order valence-electron chi connectivity index (χ4n) is 3.86. The Morgan fingerprint density at radius 2 is 1.03 bits per heavy atom. The number of ether oxygens (including phenoxy) is 2. The Balaban J connectivity index is 0.0000122. The summed E-state index contributed by atoms with van der Waals surface area (Å²) in [7, 11) is -4.35. The van der Waals surface area contributed by atoms with E-state index in [2.05, 4.69) is 6.92 Å². The minimum atomic E-state index is -4.35. The fourth-order valence-corrected chi connectivity index (χ4v) is 4.33. The molecule has 1 rings (SSSR count). The van der Waals surface area contributed by atoms with Crippen LogP contribution in [0.25, 0.3) is 0 Å². The van der Waals surface area contributed by atoms with Gasteiger partial charge < -0.3 is 14.0 Å². The molecule has 0 spiro atoms. The van der Waals surface area contributed by atoms with Gasteiger partial charge in [-0.3, -0.25) is 0 Å². The topological polar surface area (TPSA) is 110 Å². The fraction of sp³-hybridized carbons (Fsp3) is 0.704. The van der Waals surface area contributed by atoms with E-state index in [9.17, 15) is 22.6 Å². The Bertz CT molecular complexity index is 827. The predicted molar refractivity (Wildman–Crippen MR) is 137 cm³/mol. The average Bonchev–Trinajstić information content (AvgIpc) is 2.83. The van der Waals surface area contributed by atoms with E-state index in [4.69, 9.17) is 9.47 Å². The number of rotatable bonds is 21. The van der Waals surface area contributed by atoms with Crippen molar-refractivity contribution in [2.24, 2.45) is 0 Å². The van der Waals surface area contributed by atoms with E-state index in [0.717, 1.165) is 19.3 Å². The Hall–Kier alpha value is -0.930. The van der Waals surface area contributed by atoms with Crippen molar-refractivity contribution in [1.82, 2.24) is 0 Å². The zero-order valence-electron chi connectivity index (χ0n) is 22.3. The van der Waals surface area contributed by atoms with Crippen LogP contribution in [0.5, 0.6) is 0 Å². The van der Waals surface area contributed by atoms with Gasteiger partial charge in [0.25, 0.3) is 0 Å². The molecule has 0 amide bonds. The molecule has 0 atom stereocenters. The molecule has 0 aromatic heterocycles. The number of esters is 2. The molecule has 1 aromatic carbocycles. The summed E-state index contributed by atoms with van der Waals surface area (Å²) in [6.07, 6.45) is 17.4. The number of carbonyl (C=O) groups is 2. The van der Waals surface area contributed by atoms with Crippen molar-refractivity contribution in [2.45, 2.75) is 103 Å². The third-order valence-electron chi connectivity index (χ3n) is 5.87. The van der Waals surface area contributed by atoms with Crippen LogP contribution in [0.15, 0.2) is 24.3 Å². The van der Waals surface area contributed by atoms with E-state index in [1.165, 1.54) is 82.8 Å². The van der Waals surface area contributed by atoms with Gasteiger partial charge in [-0.05, 0) is 25.0 Å². The van der Waals surface area contributed by atoms with Crippen molar-refractivity contribution >= 4 is 22.1 Å². The zero-order chi connectivity index (χ0) is 25.8. The van der Waals surface area contributed by atoms with Crippen LogP contribution in [0, 0.1) is 0 Å². The van der Waals surface area contributed by atoms with Crippen LogP contribution in [0.1, 0.15) is 124 Å². The van der Waals surface area contributed by atoms with E-state index in [-0.39, 0.29) is 53.7 Å². The van der Waals surface area contributed by atoms with Gasteiger partial charge >= 0.3 is 41.5 Å². The molecular weight excluding hydrogens is 491 g/mol. The number of hydrogen-bond acceptors (Lipinski definition) is 7. The van der Waals surface area contributed by atoms with Gasteiger partial charge in [-0.2, -0.15) is 0 Å². The summed E-state index contributed by atoms with van der Waals surface area (Å²) < 4.78 is 42.2. The summed E-state index contributed by atoms with van der Waals surface area (Å²) in [5, 5.41) is 0. The van der Waals surface area contributed by atoms with E-state index in [1.54, 1.807) is 12.1 Å². The molecule has 7 nitrogen and oxygen atoms in total. The molecular formula is C27H43NaO7S. The van der Waals surface area contributed by atoms with Crippen LogP contribution >= 0.6 is 0 Å². The first kappa shape index (κ1) is 35.1. The van der Waals surface area contributed by atoms with Crippen molar-refractivity contribution in [1.29, 1.82) is 0 Å².